The van der Waals surface area contributed by atoms with E-state index in [9.17, 15) is 48.9 Å². The fourth-order valence-corrected chi connectivity index (χ4v) is 14.1. The summed E-state index contributed by atoms with van der Waals surface area (Å²) < 4.78 is 40.4. The van der Waals surface area contributed by atoms with Crippen molar-refractivity contribution in [3.8, 4) is 46.3 Å². The molecule has 32 heteroatoms. The minimum atomic E-state index is -1.19. The lowest BCUT2D eigenvalue weighted by molar-refractivity contribution is -0.124. The third-order valence-electron chi connectivity index (χ3n) is 19.5. The number of anilines is 1. The van der Waals surface area contributed by atoms with Gasteiger partial charge in [0.15, 0.2) is 40.4 Å². The number of cyclic esters (lactones) is 5. The fourth-order valence-electron chi connectivity index (χ4n) is 13.6. The molecular weight excluding hydrogens is 1480 g/mol. The molecule has 0 fully saturated rings. The lowest BCUT2D eigenvalue weighted by Gasteiger charge is -2.31. The summed E-state index contributed by atoms with van der Waals surface area (Å²) in [4.78, 5) is 107. The lowest BCUT2D eigenvalue weighted by Crippen LogP contribution is -2.42. The Bertz CT molecular complexity index is 5430. The number of benzene rings is 5. The van der Waals surface area contributed by atoms with Crippen molar-refractivity contribution in [3.05, 3.63) is 222 Å². The summed E-state index contributed by atoms with van der Waals surface area (Å²) in [6.45, 7) is 10.3. The lowest BCUT2D eigenvalue weighted by atomic mass is 9.97. The van der Waals surface area contributed by atoms with Gasteiger partial charge in [-0.3, -0.25) is 32.4 Å². The summed E-state index contributed by atoms with van der Waals surface area (Å²) in [7, 11) is 1.77. The molecule has 7 aliphatic heterocycles. The second kappa shape index (κ2) is 30.3. The molecule has 110 heavy (non-hydrogen) atoms. The number of aliphatic hydroxyl groups is 3. The maximum absolute atomic E-state index is 12.5. The summed E-state index contributed by atoms with van der Waals surface area (Å²) in [6.07, 6.45) is 12.3. The van der Waals surface area contributed by atoms with Crippen LogP contribution in [0.15, 0.2) is 123 Å². The number of imidazole rings is 5. The highest BCUT2D eigenvalue weighted by atomic mass is 35.5. The number of nitriles is 2. The highest BCUT2D eigenvalue weighted by molar-refractivity contribution is 6.42. The normalized spacial score (nSPS) is 20.8. The van der Waals surface area contributed by atoms with E-state index in [2.05, 4.69) is 31.0 Å². The van der Waals surface area contributed by atoms with E-state index in [-0.39, 0.29) is 54.9 Å². The zero-order valence-electron chi connectivity index (χ0n) is 60.3. The van der Waals surface area contributed by atoms with Crippen molar-refractivity contribution in [2.24, 2.45) is 0 Å². The molecule has 1 amide bonds. The van der Waals surface area contributed by atoms with Gasteiger partial charge in [-0.2, -0.15) is 10.5 Å². The summed E-state index contributed by atoms with van der Waals surface area (Å²) in [6, 6.07) is 30.9. The number of rotatable bonds is 9. The van der Waals surface area contributed by atoms with Gasteiger partial charge in [-0.25, -0.2) is 48.9 Å². The van der Waals surface area contributed by atoms with Crippen LogP contribution in [0.3, 0.4) is 0 Å². The van der Waals surface area contributed by atoms with Gasteiger partial charge < -0.3 is 48.6 Å². The minimum Gasteiger partial charge on any atom is -0.493 e. The summed E-state index contributed by atoms with van der Waals surface area (Å²) >= 11 is 17.9. The van der Waals surface area contributed by atoms with Crippen LogP contribution in [0.2, 0.25) is 15.1 Å². The number of hydrogen-bond acceptors (Lipinski definition) is 23. The average Bonchev–Trinajstić information content (AvgIpc) is 1.61. The SMILES string of the molecule is CC1(C=O)Cc2ncn(-c3ccc(C#N)c(Cl)c3)c2C(=O)O1.CC1(CO)Cc2ncn(-c3ccc4c(c3)CCO4)c2C(=O)O1.CC1Cc2ncn(-c3ccc(Cl)c(Cl)c3)c2C(=O)O1.CN1C(=O)CCc2cc(-n3cnc4c3C(=O)OC(C)(CO)C4)ccc21.Cc1cc(-n2cnc3c2C(=O)OC(C)(CO)C3)ccc1C#N. The molecule has 0 radical (unpaired) electrons. The topological polar surface area (TPSA) is 375 Å². The average molecular weight is 1550 g/mol. The number of aryl methyl sites for hydroxylation is 2. The molecule has 5 aromatic carbocycles. The molecule has 3 N–H and O–H groups in total. The van der Waals surface area contributed by atoms with Crippen LogP contribution in [0.4, 0.5) is 5.69 Å². The number of esters is 5. The number of carbonyl (C=O) groups is 7. The Hall–Kier alpha value is -11.8. The molecular formula is C78H70Cl3N13O16. The first kappa shape index (κ1) is 76.4. The minimum absolute atomic E-state index is 0.104. The summed E-state index contributed by atoms with van der Waals surface area (Å²) in [5.74, 6) is -1.42. The van der Waals surface area contributed by atoms with Crippen molar-refractivity contribution in [2.75, 3.05) is 38.4 Å². The molecule has 29 nitrogen and oxygen atoms in total. The molecule has 0 spiro atoms. The second-order valence-corrected chi connectivity index (χ2v) is 29.4. The van der Waals surface area contributed by atoms with Crippen molar-refractivity contribution < 1.29 is 77.3 Å². The highest BCUT2D eigenvalue weighted by Gasteiger charge is 2.44. The quantitative estimate of drug-likeness (QED) is 0.0687. The van der Waals surface area contributed by atoms with E-state index in [0.29, 0.717) is 124 Å². The first-order valence-corrected chi connectivity index (χ1v) is 35.7. The fraction of sp³-hybridized carbons (Fsp3) is 0.308. The van der Waals surface area contributed by atoms with Gasteiger partial charge in [0.05, 0.1) is 87.2 Å². The van der Waals surface area contributed by atoms with Gasteiger partial charge >= 0.3 is 29.8 Å². The molecule has 5 aromatic heterocycles. The molecule has 12 heterocycles. The molecule has 0 saturated carbocycles. The number of aldehydes is 1. The number of carbonyl (C=O) groups excluding carboxylic acids is 7. The van der Waals surface area contributed by atoms with Crippen molar-refractivity contribution >= 4 is 82.5 Å². The number of halogens is 3. The van der Waals surface area contributed by atoms with Gasteiger partial charge in [0.2, 0.25) is 5.91 Å². The summed E-state index contributed by atoms with van der Waals surface area (Å²) in [5, 5.41) is 47.3. The molecule has 0 aliphatic carbocycles. The van der Waals surface area contributed by atoms with E-state index < -0.39 is 46.3 Å². The Labute approximate surface area is 643 Å². The van der Waals surface area contributed by atoms with Crippen LogP contribution in [-0.2, 0) is 78.2 Å². The molecule has 7 aliphatic rings. The van der Waals surface area contributed by atoms with Gasteiger partial charge in [-0.15, -0.1) is 0 Å². The first-order valence-electron chi connectivity index (χ1n) is 34.6. The maximum atomic E-state index is 12.5. The number of nitrogens with zero attached hydrogens (tertiary/aromatic N) is 13. The van der Waals surface area contributed by atoms with E-state index in [0.717, 1.165) is 63.0 Å². The van der Waals surface area contributed by atoms with E-state index in [1.165, 1.54) is 10.9 Å². The van der Waals surface area contributed by atoms with Crippen LogP contribution >= 0.6 is 34.8 Å². The van der Waals surface area contributed by atoms with E-state index in [1.54, 1.807) is 132 Å². The van der Waals surface area contributed by atoms with Gasteiger partial charge in [-0.05, 0) is 156 Å². The maximum Gasteiger partial charge on any atom is 0.358 e. The molecule has 0 bridgehead atoms. The van der Waals surface area contributed by atoms with Crippen LogP contribution in [-0.4, -0.2) is 167 Å². The Morgan fingerprint density at radius 3 is 1.39 bits per heavy atom. The van der Waals surface area contributed by atoms with Gasteiger partial charge in [0, 0.05) is 86.1 Å². The second-order valence-electron chi connectivity index (χ2n) is 28.1. The Kier molecular flexibility index (Phi) is 21.0. The molecule has 10 aromatic rings. The van der Waals surface area contributed by atoms with Crippen LogP contribution in [0.25, 0.3) is 28.4 Å². The Balaban J connectivity index is 0.000000121. The predicted molar refractivity (Wildman–Crippen MR) is 394 cm³/mol. The number of aromatic nitrogens is 10. The van der Waals surface area contributed by atoms with E-state index >= 15 is 0 Å². The third-order valence-corrected chi connectivity index (χ3v) is 20.5. The zero-order valence-corrected chi connectivity index (χ0v) is 62.6. The monoisotopic (exact) mass is 1550 g/mol. The number of fused-ring (bicyclic) bond motifs is 7. The van der Waals surface area contributed by atoms with Crippen molar-refractivity contribution in [1.29, 1.82) is 10.5 Å². The van der Waals surface area contributed by atoms with Gasteiger partial charge in [-0.1, -0.05) is 34.8 Å². The van der Waals surface area contributed by atoms with Crippen molar-refractivity contribution in [2.45, 2.75) is 121 Å². The van der Waals surface area contributed by atoms with Crippen LogP contribution in [0, 0.1) is 29.6 Å². The highest BCUT2D eigenvalue weighted by Crippen LogP contribution is 2.37. The first-order chi connectivity index (χ1) is 52.5. The van der Waals surface area contributed by atoms with E-state index in [4.69, 9.17) is 73.7 Å². The number of ether oxygens (including phenoxy) is 6. The number of aliphatic hydroxyl groups excluding tert-OH is 3. The van der Waals surface area contributed by atoms with Crippen LogP contribution < -0.4 is 9.64 Å². The predicted octanol–water partition coefficient (Wildman–Crippen LogP) is 9.38. The number of amides is 1. The van der Waals surface area contributed by atoms with Crippen molar-refractivity contribution in [1.82, 2.24) is 47.8 Å². The Morgan fingerprint density at radius 2 is 0.918 bits per heavy atom. The molecule has 5 atom stereocenters. The number of hydrogen-bond donors (Lipinski definition) is 3. The summed E-state index contributed by atoms with van der Waals surface area (Å²) in [5.41, 5.74) is 9.68. The smallest absolute Gasteiger partial charge is 0.358 e. The van der Waals surface area contributed by atoms with Gasteiger partial charge in [0.25, 0.3) is 0 Å². The van der Waals surface area contributed by atoms with Crippen LogP contribution in [0.5, 0.6) is 5.75 Å². The molecule has 5 unspecified atom stereocenters. The largest absolute Gasteiger partial charge is 0.493 e. The Morgan fingerprint density at radius 1 is 0.500 bits per heavy atom. The van der Waals surface area contributed by atoms with E-state index in [1.807, 2.05) is 62.4 Å². The molecule has 17 rings (SSSR count). The van der Waals surface area contributed by atoms with Crippen molar-refractivity contribution in [3.63, 3.8) is 0 Å². The third kappa shape index (κ3) is 15.0. The molecule has 0 saturated heterocycles. The molecule has 564 valence electrons. The zero-order chi connectivity index (χ0) is 78.5. The van der Waals surface area contributed by atoms with Gasteiger partial charge in [0.1, 0.15) is 66.4 Å². The standard InChI is InChI=1S/C18H19N3O4.C16H15N3O3.C16H16N2O4.C15H10ClN3O3.C13H10Cl2N2O2/c1-18(9-22)8-13-16(17(24)25-18)21(10-19-13)12-4-5-14-11(7-12)3-6-15(23)20(14)2;1-10-5-12(4-3-11(10)7-17)19-9-18-13-6-16(2,8-20)22-15(21)14(13)19;1-16(8-19)7-12-14(15(20)22-16)18(9-17-12)11-2-3-13-10(6-11)4-5-21-13;1-15(7-20)5-12-13(14(21)22-15)19(8-18-12)10-3-2-9(6-17)11(16)4-10;1-7-4-11-12(13(18)19-7)17(6-16-11)8-2-3-9(14)10(15)5-8/h4-5,7,10,22H,3,6,8-9H2,1-2H3;3-5,9,20H,6,8H2,1-2H3;2-3,6,9,19H,4-5,7-8H2,1H3;2-4,7-8H,5H2,1H3;2-3,5-7H,4H2,1H3. The van der Waals surface area contributed by atoms with Crippen LogP contribution in [0.1, 0.15) is 150 Å².